The predicted octanol–water partition coefficient (Wildman–Crippen LogP) is 1.23. The van der Waals surface area contributed by atoms with E-state index in [1.165, 1.54) is 25.1 Å². The van der Waals surface area contributed by atoms with E-state index in [0.717, 1.165) is 5.76 Å². The van der Waals surface area contributed by atoms with Crippen LogP contribution < -0.4 is 0 Å². The van der Waals surface area contributed by atoms with Crippen LogP contribution in [0.2, 0.25) is 0 Å². The lowest BCUT2D eigenvalue weighted by Crippen LogP contribution is -2.31. The molecular formula is C12H15NO4. The lowest BCUT2D eigenvalue weighted by Gasteiger charge is -2.12. The lowest BCUT2D eigenvalue weighted by molar-refractivity contribution is -0.144. The van der Waals surface area contributed by atoms with E-state index in [-0.39, 0.29) is 12.5 Å². The second-order valence-corrected chi connectivity index (χ2v) is 3.55. The van der Waals surface area contributed by atoms with Gasteiger partial charge in [0.25, 0.3) is 0 Å². The molecule has 0 fully saturated rings. The largest absolute Gasteiger partial charge is 0.468 e. The maximum Gasteiger partial charge on any atom is 0.325 e. The van der Waals surface area contributed by atoms with E-state index in [1.807, 2.05) is 13.0 Å². The first-order chi connectivity index (χ1) is 8.02. The van der Waals surface area contributed by atoms with Gasteiger partial charge in [-0.2, -0.15) is 0 Å². The molecule has 0 saturated carbocycles. The highest BCUT2D eigenvalue weighted by Gasteiger charge is 2.10. The molecule has 0 atom stereocenters. The minimum absolute atomic E-state index is 0.0726. The van der Waals surface area contributed by atoms with Crippen LogP contribution in [0.1, 0.15) is 11.5 Å². The van der Waals surface area contributed by atoms with Crippen molar-refractivity contribution in [2.75, 3.05) is 20.7 Å². The Labute approximate surface area is 99.7 Å². The molecule has 1 aromatic rings. The molecule has 17 heavy (non-hydrogen) atoms. The maximum absolute atomic E-state index is 11.6. The summed E-state index contributed by atoms with van der Waals surface area (Å²) in [6, 6.07) is 3.57. The van der Waals surface area contributed by atoms with Crippen molar-refractivity contribution in [2.45, 2.75) is 6.92 Å². The number of hydrogen-bond donors (Lipinski definition) is 0. The van der Waals surface area contributed by atoms with Gasteiger partial charge in [0.1, 0.15) is 18.1 Å². The van der Waals surface area contributed by atoms with Gasteiger partial charge in [0.05, 0.1) is 7.11 Å². The molecule has 0 aliphatic rings. The minimum atomic E-state index is -0.455. The number of rotatable bonds is 4. The first-order valence-corrected chi connectivity index (χ1v) is 5.09. The van der Waals surface area contributed by atoms with Crippen LogP contribution in [-0.4, -0.2) is 37.5 Å². The van der Waals surface area contributed by atoms with E-state index < -0.39 is 5.97 Å². The van der Waals surface area contributed by atoms with E-state index in [1.54, 1.807) is 12.1 Å². The Morgan fingerprint density at radius 3 is 2.71 bits per heavy atom. The zero-order valence-electron chi connectivity index (χ0n) is 10.1. The number of methoxy groups -OCH3 is 1. The monoisotopic (exact) mass is 237 g/mol. The Kier molecular flexibility index (Phi) is 4.51. The molecule has 0 spiro atoms. The third-order valence-electron chi connectivity index (χ3n) is 2.12. The fraction of sp³-hybridized carbons (Fsp3) is 0.333. The highest BCUT2D eigenvalue weighted by molar-refractivity contribution is 5.93. The zero-order chi connectivity index (χ0) is 12.8. The van der Waals surface area contributed by atoms with E-state index in [0.29, 0.717) is 5.76 Å². The lowest BCUT2D eigenvalue weighted by atomic mass is 10.3. The molecule has 0 radical (unpaired) electrons. The van der Waals surface area contributed by atoms with Gasteiger partial charge in [-0.25, -0.2) is 0 Å². The van der Waals surface area contributed by atoms with Gasteiger partial charge in [0.2, 0.25) is 5.91 Å². The first-order valence-electron chi connectivity index (χ1n) is 5.09. The van der Waals surface area contributed by atoms with Crippen molar-refractivity contribution in [1.29, 1.82) is 0 Å². The average molecular weight is 237 g/mol. The number of nitrogens with zero attached hydrogens (tertiary/aromatic N) is 1. The smallest absolute Gasteiger partial charge is 0.325 e. The summed E-state index contributed by atoms with van der Waals surface area (Å²) in [4.78, 5) is 23.8. The third kappa shape index (κ3) is 4.14. The van der Waals surface area contributed by atoms with Crippen LogP contribution >= 0.6 is 0 Å². The average Bonchev–Trinajstić information content (AvgIpc) is 2.71. The number of esters is 1. The van der Waals surface area contributed by atoms with Gasteiger partial charge in [-0.05, 0) is 25.1 Å². The van der Waals surface area contributed by atoms with Gasteiger partial charge in [-0.15, -0.1) is 0 Å². The molecular weight excluding hydrogens is 222 g/mol. The van der Waals surface area contributed by atoms with E-state index >= 15 is 0 Å². The first kappa shape index (κ1) is 13.0. The van der Waals surface area contributed by atoms with Gasteiger partial charge in [-0.3, -0.25) is 9.59 Å². The number of likely N-dealkylation sites (N-methyl/N-ethyl adjacent to an activating group) is 1. The molecule has 0 bridgehead atoms. The van der Waals surface area contributed by atoms with Crippen molar-refractivity contribution in [3.8, 4) is 0 Å². The normalized spacial score (nSPS) is 10.5. The predicted molar refractivity (Wildman–Crippen MR) is 62.1 cm³/mol. The summed E-state index contributed by atoms with van der Waals surface area (Å²) in [7, 11) is 2.80. The van der Waals surface area contributed by atoms with Crippen molar-refractivity contribution in [2.24, 2.45) is 0 Å². The van der Waals surface area contributed by atoms with Gasteiger partial charge in [-0.1, -0.05) is 0 Å². The Bertz CT molecular complexity index is 433. The van der Waals surface area contributed by atoms with Crippen molar-refractivity contribution in [1.82, 2.24) is 4.90 Å². The van der Waals surface area contributed by atoms with E-state index in [4.69, 9.17) is 4.42 Å². The molecule has 1 heterocycles. The standard InChI is InChI=1S/C12H15NO4/c1-9-4-5-10(17-9)6-7-11(14)13(2)8-12(15)16-3/h4-7H,8H2,1-3H3/b7-6+. The maximum atomic E-state index is 11.6. The summed E-state index contributed by atoms with van der Waals surface area (Å²) in [6.07, 6.45) is 2.91. The van der Waals surface area contributed by atoms with Crippen LogP contribution in [-0.2, 0) is 14.3 Å². The molecule has 0 saturated heterocycles. The SMILES string of the molecule is COC(=O)CN(C)C(=O)/C=C/c1ccc(C)o1. The Morgan fingerprint density at radius 2 is 2.18 bits per heavy atom. The molecule has 0 aliphatic carbocycles. The Hall–Kier alpha value is -2.04. The van der Waals surface area contributed by atoms with Gasteiger partial charge >= 0.3 is 5.97 Å². The quantitative estimate of drug-likeness (QED) is 0.583. The summed E-state index contributed by atoms with van der Waals surface area (Å²) >= 11 is 0. The summed E-state index contributed by atoms with van der Waals surface area (Å²) < 4.78 is 9.73. The van der Waals surface area contributed by atoms with Gasteiger partial charge in [0.15, 0.2) is 0 Å². The van der Waals surface area contributed by atoms with Gasteiger partial charge in [0, 0.05) is 13.1 Å². The number of furan rings is 1. The van der Waals surface area contributed by atoms with Crippen LogP contribution in [0.25, 0.3) is 6.08 Å². The second kappa shape index (κ2) is 5.89. The Morgan fingerprint density at radius 1 is 1.47 bits per heavy atom. The fourth-order valence-electron chi connectivity index (χ4n) is 1.16. The molecule has 1 aromatic heterocycles. The molecule has 0 aliphatic heterocycles. The number of ether oxygens (including phenoxy) is 1. The van der Waals surface area contributed by atoms with Crippen molar-refractivity contribution < 1.29 is 18.7 Å². The molecule has 0 N–H and O–H groups in total. The van der Waals surface area contributed by atoms with Crippen LogP contribution in [0.15, 0.2) is 22.6 Å². The molecule has 1 amide bonds. The molecule has 0 unspecified atom stereocenters. The minimum Gasteiger partial charge on any atom is -0.468 e. The highest BCUT2D eigenvalue weighted by atomic mass is 16.5. The second-order valence-electron chi connectivity index (χ2n) is 3.55. The van der Waals surface area contributed by atoms with Crippen LogP contribution in [0.3, 0.4) is 0 Å². The Balaban J connectivity index is 2.54. The molecule has 92 valence electrons. The highest BCUT2D eigenvalue weighted by Crippen LogP contribution is 2.08. The third-order valence-corrected chi connectivity index (χ3v) is 2.12. The summed E-state index contributed by atoms with van der Waals surface area (Å²) in [5.74, 6) is 0.634. The van der Waals surface area contributed by atoms with E-state index in [9.17, 15) is 9.59 Å². The van der Waals surface area contributed by atoms with Crippen LogP contribution in [0, 0.1) is 6.92 Å². The van der Waals surface area contributed by atoms with Crippen LogP contribution in [0.4, 0.5) is 0 Å². The molecule has 5 nitrogen and oxygen atoms in total. The van der Waals surface area contributed by atoms with Crippen LogP contribution in [0.5, 0.6) is 0 Å². The summed E-state index contributed by atoms with van der Waals surface area (Å²) in [5, 5.41) is 0. The molecule has 1 rings (SSSR count). The van der Waals surface area contributed by atoms with E-state index in [2.05, 4.69) is 4.74 Å². The number of aryl methyl sites for hydroxylation is 1. The van der Waals surface area contributed by atoms with Gasteiger partial charge < -0.3 is 14.1 Å². The number of hydrogen-bond acceptors (Lipinski definition) is 4. The summed E-state index contributed by atoms with van der Waals surface area (Å²) in [6.45, 7) is 1.75. The zero-order valence-corrected chi connectivity index (χ0v) is 10.1. The topological polar surface area (TPSA) is 59.8 Å². The number of carbonyl (C=O) groups is 2. The van der Waals surface area contributed by atoms with Crippen molar-refractivity contribution in [3.05, 3.63) is 29.7 Å². The van der Waals surface area contributed by atoms with Crippen molar-refractivity contribution >= 4 is 18.0 Å². The molecule has 5 heteroatoms. The number of carbonyl (C=O) groups excluding carboxylic acids is 2. The number of amides is 1. The summed E-state index contributed by atoms with van der Waals surface area (Å²) in [5.41, 5.74) is 0. The molecule has 0 aromatic carbocycles. The van der Waals surface area contributed by atoms with Crippen molar-refractivity contribution in [3.63, 3.8) is 0 Å². The fourth-order valence-corrected chi connectivity index (χ4v) is 1.16.